The lowest BCUT2D eigenvalue weighted by Crippen LogP contribution is -2.34. The van der Waals surface area contributed by atoms with Crippen LogP contribution in [-0.4, -0.2) is 48.1 Å². The number of benzene rings is 1. The highest BCUT2D eigenvalue weighted by atomic mass is 16.6. The first-order chi connectivity index (χ1) is 8.91. The van der Waals surface area contributed by atoms with Gasteiger partial charge in [-0.1, -0.05) is 18.2 Å². The molecule has 0 heterocycles. The van der Waals surface area contributed by atoms with Crippen LogP contribution in [0.2, 0.25) is 0 Å². The summed E-state index contributed by atoms with van der Waals surface area (Å²) in [7, 11) is 3.00. The third-order valence-corrected chi connectivity index (χ3v) is 2.39. The van der Waals surface area contributed by atoms with E-state index in [1.165, 1.54) is 31.1 Å². The number of aliphatic carboxylic acids is 1. The number of rotatable bonds is 5. The van der Waals surface area contributed by atoms with Gasteiger partial charge in [0.2, 0.25) is 12.0 Å². The molecule has 6 nitrogen and oxygen atoms in total. The van der Waals surface area contributed by atoms with Crippen molar-refractivity contribution in [2.45, 2.75) is 12.5 Å². The Bertz CT molecular complexity index is 469. The van der Waals surface area contributed by atoms with E-state index in [1.54, 1.807) is 18.2 Å². The standard InChI is InChI=1S/C13H15NO5/c1-14(2)11(15)8-10(12(16)17)19-13(18)9-6-4-3-5-7-9/h3-7,10H,8H2,1-2H3,(H,16,17). The molecule has 0 bridgehead atoms. The number of nitrogens with zero attached hydrogens (tertiary/aromatic N) is 1. The Morgan fingerprint density at radius 1 is 1.21 bits per heavy atom. The van der Waals surface area contributed by atoms with E-state index in [9.17, 15) is 14.4 Å². The van der Waals surface area contributed by atoms with Gasteiger partial charge in [-0.25, -0.2) is 9.59 Å². The summed E-state index contributed by atoms with van der Waals surface area (Å²) in [6, 6.07) is 8.01. The molecule has 0 aliphatic rings. The lowest BCUT2D eigenvalue weighted by Gasteiger charge is -2.16. The van der Waals surface area contributed by atoms with Gasteiger partial charge >= 0.3 is 11.9 Å². The number of carboxylic acids is 1. The fourth-order valence-electron chi connectivity index (χ4n) is 1.29. The summed E-state index contributed by atoms with van der Waals surface area (Å²) in [5.74, 6) is -2.53. The van der Waals surface area contributed by atoms with Crippen LogP contribution in [0.4, 0.5) is 0 Å². The number of hydrogen-bond donors (Lipinski definition) is 1. The number of carbonyl (C=O) groups is 3. The monoisotopic (exact) mass is 265 g/mol. The van der Waals surface area contributed by atoms with Gasteiger partial charge in [-0.05, 0) is 12.1 Å². The van der Waals surface area contributed by atoms with Crippen LogP contribution in [0.3, 0.4) is 0 Å². The number of carboxylic acid groups (broad SMARTS) is 1. The van der Waals surface area contributed by atoms with E-state index in [0.29, 0.717) is 0 Å². The van der Waals surface area contributed by atoms with Crippen LogP contribution in [0, 0.1) is 0 Å². The second-order valence-corrected chi connectivity index (χ2v) is 4.09. The van der Waals surface area contributed by atoms with E-state index < -0.39 is 23.9 Å². The Morgan fingerprint density at radius 3 is 2.26 bits per heavy atom. The van der Waals surface area contributed by atoms with Crippen LogP contribution in [0.15, 0.2) is 30.3 Å². The molecule has 0 radical (unpaired) electrons. The van der Waals surface area contributed by atoms with Crippen LogP contribution in [-0.2, 0) is 14.3 Å². The first-order valence-electron chi connectivity index (χ1n) is 5.61. The van der Waals surface area contributed by atoms with Crippen molar-refractivity contribution >= 4 is 17.8 Å². The summed E-state index contributed by atoms with van der Waals surface area (Å²) >= 11 is 0. The largest absolute Gasteiger partial charge is 0.478 e. The quantitative estimate of drug-likeness (QED) is 0.795. The lowest BCUT2D eigenvalue weighted by atomic mass is 10.2. The normalized spacial score (nSPS) is 11.5. The summed E-state index contributed by atoms with van der Waals surface area (Å²) in [6.07, 6.45) is -1.87. The minimum atomic E-state index is -1.48. The second kappa shape index (κ2) is 6.53. The van der Waals surface area contributed by atoms with Gasteiger partial charge in [0, 0.05) is 14.1 Å². The minimum absolute atomic E-state index is 0.242. The van der Waals surface area contributed by atoms with Crippen molar-refractivity contribution < 1.29 is 24.2 Å². The summed E-state index contributed by atoms with van der Waals surface area (Å²) in [4.78, 5) is 35.4. The third kappa shape index (κ3) is 4.42. The molecule has 0 aliphatic heterocycles. The number of amides is 1. The van der Waals surface area contributed by atoms with Crippen molar-refractivity contribution in [3.8, 4) is 0 Å². The van der Waals surface area contributed by atoms with Crippen molar-refractivity contribution in [1.82, 2.24) is 4.90 Å². The van der Waals surface area contributed by atoms with Crippen molar-refractivity contribution in [2.24, 2.45) is 0 Å². The van der Waals surface area contributed by atoms with Crippen LogP contribution in [0.25, 0.3) is 0 Å². The van der Waals surface area contributed by atoms with Gasteiger partial charge in [-0.2, -0.15) is 0 Å². The SMILES string of the molecule is CN(C)C(=O)CC(OC(=O)c1ccccc1)C(=O)O. The molecule has 102 valence electrons. The predicted molar refractivity (Wildman–Crippen MR) is 66.6 cm³/mol. The van der Waals surface area contributed by atoms with Crippen LogP contribution in [0.5, 0.6) is 0 Å². The van der Waals surface area contributed by atoms with Crippen molar-refractivity contribution in [2.75, 3.05) is 14.1 Å². The lowest BCUT2D eigenvalue weighted by molar-refractivity contribution is -0.151. The van der Waals surface area contributed by atoms with Crippen LogP contribution in [0.1, 0.15) is 16.8 Å². The molecule has 6 heteroatoms. The van der Waals surface area contributed by atoms with Gasteiger partial charge in [-0.3, -0.25) is 4.79 Å². The molecular formula is C13H15NO5. The summed E-state index contributed by atoms with van der Waals surface area (Å²) in [5, 5.41) is 8.95. The maximum atomic E-state index is 11.7. The molecule has 0 fully saturated rings. The van der Waals surface area contributed by atoms with E-state index in [4.69, 9.17) is 9.84 Å². The molecule has 1 amide bonds. The van der Waals surface area contributed by atoms with Crippen molar-refractivity contribution in [3.05, 3.63) is 35.9 Å². The molecule has 1 rings (SSSR count). The highest BCUT2D eigenvalue weighted by Crippen LogP contribution is 2.08. The first-order valence-corrected chi connectivity index (χ1v) is 5.61. The smallest absolute Gasteiger partial charge is 0.345 e. The molecule has 19 heavy (non-hydrogen) atoms. The highest BCUT2D eigenvalue weighted by Gasteiger charge is 2.26. The maximum absolute atomic E-state index is 11.7. The Hall–Kier alpha value is -2.37. The van der Waals surface area contributed by atoms with Gasteiger partial charge in [0.15, 0.2) is 0 Å². The molecule has 1 aromatic carbocycles. The van der Waals surface area contributed by atoms with Crippen LogP contribution >= 0.6 is 0 Å². The van der Waals surface area contributed by atoms with Crippen molar-refractivity contribution in [1.29, 1.82) is 0 Å². The first kappa shape index (κ1) is 14.7. The van der Waals surface area contributed by atoms with Crippen LogP contribution < -0.4 is 0 Å². The Balaban J connectivity index is 2.72. The maximum Gasteiger partial charge on any atom is 0.345 e. The topological polar surface area (TPSA) is 83.9 Å². The number of esters is 1. The van der Waals surface area contributed by atoms with Gasteiger partial charge in [-0.15, -0.1) is 0 Å². The van der Waals surface area contributed by atoms with Crippen molar-refractivity contribution in [3.63, 3.8) is 0 Å². The zero-order chi connectivity index (χ0) is 14.4. The predicted octanol–water partition coefficient (Wildman–Crippen LogP) is 0.775. The molecule has 0 saturated carbocycles. The average molecular weight is 265 g/mol. The molecule has 1 unspecified atom stereocenters. The average Bonchev–Trinajstić information content (AvgIpc) is 2.38. The molecule has 1 aromatic rings. The van der Waals surface area contributed by atoms with E-state index >= 15 is 0 Å². The fourth-order valence-corrected chi connectivity index (χ4v) is 1.29. The molecule has 0 spiro atoms. The van der Waals surface area contributed by atoms with Gasteiger partial charge in [0.05, 0.1) is 12.0 Å². The van der Waals surface area contributed by atoms with Gasteiger partial charge in [0.25, 0.3) is 0 Å². The number of ether oxygens (including phenoxy) is 1. The number of carbonyl (C=O) groups excluding carboxylic acids is 2. The summed E-state index contributed by atoms with van der Waals surface area (Å²) in [5.41, 5.74) is 0.242. The Kier molecular flexibility index (Phi) is 5.05. The highest BCUT2D eigenvalue weighted by molar-refractivity contribution is 5.92. The third-order valence-electron chi connectivity index (χ3n) is 2.39. The molecular weight excluding hydrogens is 250 g/mol. The van der Waals surface area contributed by atoms with E-state index in [-0.39, 0.29) is 12.0 Å². The Labute approximate surface area is 110 Å². The number of hydrogen-bond acceptors (Lipinski definition) is 4. The minimum Gasteiger partial charge on any atom is -0.478 e. The summed E-state index contributed by atoms with van der Waals surface area (Å²) < 4.78 is 4.83. The Morgan fingerprint density at radius 2 is 1.79 bits per heavy atom. The second-order valence-electron chi connectivity index (χ2n) is 4.09. The van der Waals surface area contributed by atoms with Gasteiger partial charge in [0.1, 0.15) is 0 Å². The molecule has 0 aromatic heterocycles. The molecule has 0 aliphatic carbocycles. The molecule has 0 saturated heterocycles. The fraction of sp³-hybridized carbons (Fsp3) is 0.308. The molecule has 1 N–H and O–H groups in total. The molecule has 1 atom stereocenters. The van der Waals surface area contributed by atoms with Gasteiger partial charge < -0.3 is 14.7 Å². The van der Waals surface area contributed by atoms with E-state index in [2.05, 4.69) is 0 Å². The zero-order valence-corrected chi connectivity index (χ0v) is 10.7. The zero-order valence-electron chi connectivity index (χ0n) is 10.7. The summed E-state index contributed by atoms with van der Waals surface area (Å²) in [6.45, 7) is 0. The van der Waals surface area contributed by atoms with E-state index in [0.717, 1.165) is 0 Å². The van der Waals surface area contributed by atoms with E-state index in [1.807, 2.05) is 0 Å².